The first-order valence-corrected chi connectivity index (χ1v) is 7.67. The first-order chi connectivity index (χ1) is 11.6. The number of hydrogen-bond acceptors (Lipinski definition) is 4. The number of carbonyl (C=O) groups excluding carboxylic acids is 1. The maximum Gasteiger partial charge on any atom is 0.272 e. The fourth-order valence-electron chi connectivity index (χ4n) is 2.24. The summed E-state index contributed by atoms with van der Waals surface area (Å²) in [5.74, 6) is 0.295. The monoisotopic (exact) mass is 343 g/mol. The van der Waals surface area contributed by atoms with Crippen LogP contribution < -0.4 is 15.6 Å². The average molecular weight is 344 g/mol. The molecule has 122 valence electrons. The third-order valence-corrected chi connectivity index (χ3v) is 3.63. The van der Waals surface area contributed by atoms with Crippen molar-refractivity contribution in [3.05, 3.63) is 69.6 Å². The van der Waals surface area contributed by atoms with E-state index < -0.39 is 0 Å². The molecule has 0 saturated carbocycles. The second-order valence-electron chi connectivity index (χ2n) is 5.01. The van der Waals surface area contributed by atoms with Gasteiger partial charge in [-0.1, -0.05) is 29.8 Å². The number of H-pyrrole nitrogens is 1. The summed E-state index contributed by atoms with van der Waals surface area (Å²) in [5.41, 5.74) is -0.148. The predicted octanol–water partition coefficient (Wildman–Crippen LogP) is 2.39. The number of rotatable bonds is 5. The molecule has 6 nitrogen and oxygen atoms in total. The van der Waals surface area contributed by atoms with Crippen molar-refractivity contribution in [2.24, 2.45) is 0 Å². The number of halogens is 1. The van der Waals surface area contributed by atoms with E-state index in [2.05, 4.69) is 15.5 Å². The highest BCUT2D eigenvalue weighted by atomic mass is 35.5. The minimum Gasteiger partial charge on any atom is -0.492 e. The van der Waals surface area contributed by atoms with Gasteiger partial charge in [-0.05, 0) is 30.3 Å². The molecule has 0 aliphatic rings. The Morgan fingerprint density at radius 2 is 1.83 bits per heavy atom. The van der Waals surface area contributed by atoms with E-state index >= 15 is 0 Å². The molecule has 0 aliphatic carbocycles. The second kappa shape index (κ2) is 7.14. The number of aromatic nitrogens is 2. The third-order valence-electron chi connectivity index (χ3n) is 3.38. The van der Waals surface area contributed by atoms with Crippen molar-refractivity contribution in [3.63, 3.8) is 0 Å². The molecule has 1 amide bonds. The smallest absolute Gasteiger partial charge is 0.272 e. The zero-order valence-electron chi connectivity index (χ0n) is 12.6. The molecule has 1 aromatic heterocycles. The maximum absolute atomic E-state index is 12.3. The van der Waals surface area contributed by atoms with Crippen LogP contribution in [0.2, 0.25) is 5.02 Å². The van der Waals surface area contributed by atoms with E-state index in [4.69, 9.17) is 16.3 Å². The molecule has 0 saturated heterocycles. The minimum atomic E-state index is -0.373. The van der Waals surface area contributed by atoms with Gasteiger partial charge in [0.1, 0.15) is 12.4 Å². The first-order valence-electron chi connectivity index (χ1n) is 7.29. The van der Waals surface area contributed by atoms with Gasteiger partial charge in [-0.15, -0.1) is 0 Å². The van der Waals surface area contributed by atoms with E-state index in [0.29, 0.717) is 34.7 Å². The van der Waals surface area contributed by atoms with Crippen molar-refractivity contribution in [1.82, 2.24) is 15.5 Å². The first kappa shape index (κ1) is 16.0. The molecular formula is C17H14ClN3O3. The highest BCUT2D eigenvalue weighted by Crippen LogP contribution is 2.15. The van der Waals surface area contributed by atoms with Crippen LogP contribution in [0.25, 0.3) is 10.8 Å². The lowest BCUT2D eigenvalue weighted by molar-refractivity contribution is 0.0943. The molecule has 2 N–H and O–H groups in total. The summed E-state index contributed by atoms with van der Waals surface area (Å²) >= 11 is 5.80. The Morgan fingerprint density at radius 1 is 1.12 bits per heavy atom. The van der Waals surface area contributed by atoms with E-state index in [1.807, 2.05) is 0 Å². The minimum absolute atomic E-state index is 0.177. The van der Waals surface area contributed by atoms with Crippen LogP contribution in [-0.4, -0.2) is 29.3 Å². The number of amides is 1. The molecule has 1 heterocycles. The van der Waals surface area contributed by atoms with Gasteiger partial charge < -0.3 is 10.1 Å². The van der Waals surface area contributed by atoms with E-state index in [-0.39, 0.29) is 17.2 Å². The van der Waals surface area contributed by atoms with Gasteiger partial charge in [0.05, 0.1) is 11.9 Å². The van der Waals surface area contributed by atoms with Gasteiger partial charge in [-0.3, -0.25) is 9.59 Å². The lowest BCUT2D eigenvalue weighted by atomic mass is 10.1. The van der Waals surface area contributed by atoms with Gasteiger partial charge in [-0.25, -0.2) is 5.10 Å². The largest absolute Gasteiger partial charge is 0.492 e. The number of nitrogens with one attached hydrogen (secondary N) is 2. The van der Waals surface area contributed by atoms with Crippen molar-refractivity contribution in [1.29, 1.82) is 0 Å². The number of aromatic amines is 1. The molecule has 3 rings (SSSR count). The molecule has 7 heteroatoms. The van der Waals surface area contributed by atoms with Crippen LogP contribution in [0.1, 0.15) is 10.5 Å². The fourth-order valence-corrected chi connectivity index (χ4v) is 2.36. The molecular weight excluding hydrogens is 330 g/mol. The molecule has 2 aromatic carbocycles. The summed E-state index contributed by atoms with van der Waals surface area (Å²) in [5, 5.41) is 10.5. The summed E-state index contributed by atoms with van der Waals surface area (Å²) in [4.78, 5) is 24.0. The molecule has 0 aliphatic heterocycles. The van der Waals surface area contributed by atoms with Gasteiger partial charge in [0.25, 0.3) is 11.5 Å². The SMILES string of the molecule is O=C(NCCOc1ccc(Cl)cc1)c1n[nH]c(=O)c2ccccc12. The van der Waals surface area contributed by atoms with Gasteiger partial charge in [0.15, 0.2) is 5.69 Å². The normalized spacial score (nSPS) is 10.5. The average Bonchev–Trinajstić information content (AvgIpc) is 2.60. The number of fused-ring (bicyclic) bond motifs is 1. The Bertz CT molecular complexity index is 922. The predicted molar refractivity (Wildman–Crippen MR) is 91.6 cm³/mol. The zero-order chi connectivity index (χ0) is 16.9. The number of nitrogens with zero attached hydrogens (tertiary/aromatic N) is 1. The third kappa shape index (κ3) is 3.55. The Morgan fingerprint density at radius 3 is 2.58 bits per heavy atom. The number of carbonyl (C=O) groups is 1. The van der Waals surface area contributed by atoms with Gasteiger partial charge in [0, 0.05) is 10.4 Å². The van der Waals surface area contributed by atoms with Crippen molar-refractivity contribution in [3.8, 4) is 5.75 Å². The summed E-state index contributed by atoms with van der Waals surface area (Å²) in [6.07, 6.45) is 0. The van der Waals surface area contributed by atoms with Crippen LogP contribution in [0.5, 0.6) is 5.75 Å². The molecule has 0 radical (unpaired) electrons. The Labute approximate surface area is 142 Å². The van der Waals surface area contributed by atoms with E-state index in [1.165, 1.54) is 0 Å². The van der Waals surface area contributed by atoms with Gasteiger partial charge in [-0.2, -0.15) is 5.10 Å². The molecule has 0 atom stereocenters. The van der Waals surface area contributed by atoms with Crippen LogP contribution in [0.3, 0.4) is 0 Å². The molecule has 0 spiro atoms. The second-order valence-corrected chi connectivity index (χ2v) is 5.44. The van der Waals surface area contributed by atoms with Crippen LogP contribution in [0.15, 0.2) is 53.3 Å². The van der Waals surface area contributed by atoms with E-state index in [0.717, 1.165) is 0 Å². The number of benzene rings is 2. The summed E-state index contributed by atoms with van der Waals surface area (Å²) < 4.78 is 5.50. The Kier molecular flexibility index (Phi) is 4.77. The Hall–Kier alpha value is -2.86. The number of ether oxygens (including phenoxy) is 1. The van der Waals surface area contributed by atoms with Crippen molar-refractivity contribution >= 4 is 28.3 Å². The van der Waals surface area contributed by atoms with E-state index in [9.17, 15) is 9.59 Å². The molecule has 0 bridgehead atoms. The highest BCUT2D eigenvalue weighted by molar-refractivity contribution is 6.30. The van der Waals surface area contributed by atoms with Gasteiger partial charge in [0.2, 0.25) is 0 Å². The van der Waals surface area contributed by atoms with Crippen LogP contribution in [-0.2, 0) is 0 Å². The van der Waals surface area contributed by atoms with Crippen molar-refractivity contribution in [2.45, 2.75) is 0 Å². The van der Waals surface area contributed by atoms with Crippen molar-refractivity contribution < 1.29 is 9.53 Å². The molecule has 24 heavy (non-hydrogen) atoms. The lowest BCUT2D eigenvalue weighted by Gasteiger charge is -2.08. The topological polar surface area (TPSA) is 84.1 Å². The lowest BCUT2D eigenvalue weighted by Crippen LogP contribution is -2.30. The Balaban J connectivity index is 1.62. The van der Waals surface area contributed by atoms with Crippen LogP contribution >= 0.6 is 11.6 Å². The van der Waals surface area contributed by atoms with Gasteiger partial charge >= 0.3 is 0 Å². The fraction of sp³-hybridized carbons (Fsp3) is 0.118. The number of hydrogen-bond donors (Lipinski definition) is 2. The molecule has 0 fully saturated rings. The van der Waals surface area contributed by atoms with Crippen LogP contribution in [0.4, 0.5) is 0 Å². The quantitative estimate of drug-likeness (QED) is 0.697. The highest BCUT2D eigenvalue weighted by Gasteiger charge is 2.13. The summed E-state index contributed by atoms with van der Waals surface area (Å²) in [7, 11) is 0. The van der Waals surface area contributed by atoms with Crippen molar-refractivity contribution in [2.75, 3.05) is 13.2 Å². The summed E-state index contributed by atoms with van der Waals surface area (Å²) in [6, 6.07) is 13.8. The zero-order valence-corrected chi connectivity index (χ0v) is 13.3. The molecule has 0 unspecified atom stereocenters. The standard InChI is InChI=1S/C17H14ClN3O3/c18-11-5-7-12(8-6-11)24-10-9-19-17(23)15-13-3-1-2-4-14(13)16(22)21-20-15/h1-8H,9-10H2,(H,19,23)(H,21,22). The van der Waals surface area contributed by atoms with E-state index in [1.54, 1.807) is 48.5 Å². The molecule has 3 aromatic rings. The maximum atomic E-state index is 12.3. The van der Waals surface area contributed by atoms with Crippen LogP contribution in [0, 0.1) is 0 Å². The summed E-state index contributed by atoms with van der Waals surface area (Å²) in [6.45, 7) is 0.602.